The molecule has 0 spiro atoms. The summed E-state index contributed by atoms with van der Waals surface area (Å²) in [7, 11) is 0. The lowest BCUT2D eigenvalue weighted by Gasteiger charge is -2.09. The first-order valence-electron chi connectivity index (χ1n) is 5.95. The second kappa shape index (κ2) is 5.23. The average Bonchev–Trinajstić information content (AvgIpc) is 2.97. The summed E-state index contributed by atoms with van der Waals surface area (Å²) in [5, 5.41) is 2.01. The van der Waals surface area contributed by atoms with Gasteiger partial charge in [-0.15, -0.1) is 22.9 Å². The normalized spacial score (nSPS) is 11.1. The Morgan fingerprint density at radius 1 is 1.42 bits per heavy atom. The SMILES string of the molecule is Cc1ccc(OCc2cn3ccsc3n2)c(CCl)c1. The van der Waals surface area contributed by atoms with Crippen molar-refractivity contribution >= 4 is 27.9 Å². The Morgan fingerprint density at radius 3 is 3.11 bits per heavy atom. The standard InChI is InChI=1S/C14H13ClN2OS/c1-10-2-3-13(11(6-10)7-15)18-9-12-8-17-4-5-19-14(17)16-12/h2-6,8H,7,9H2,1H3. The number of rotatable bonds is 4. The minimum Gasteiger partial charge on any atom is -0.487 e. The summed E-state index contributed by atoms with van der Waals surface area (Å²) in [6.07, 6.45) is 3.98. The zero-order valence-corrected chi connectivity index (χ0v) is 12.0. The topological polar surface area (TPSA) is 26.5 Å². The molecule has 0 bridgehead atoms. The molecule has 2 heterocycles. The van der Waals surface area contributed by atoms with Gasteiger partial charge in [0, 0.05) is 23.3 Å². The van der Waals surface area contributed by atoms with E-state index in [1.54, 1.807) is 11.3 Å². The van der Waals surface area contributed by atoms with Crippen molar-refractivity contribution in [1.29, 1.82) is 0 Å². The van der Waals surface area contributed by atoms with Crippen LogP contribution in [0.2, 0.25) is 0 Å². The van der Waals surface area contributed by atoms with Gasteiger partial charge >= 0.3 is 0 Å². The van der Waals surface area contributed by atoms with Gasteiger partial charge in [0.2, 0.25) is 0 Å². The van der Waals surface area contributed by atoms with Gasteiger partial charge in [0.05, 0.1) is 11.6 Å². The first kappa shape index (κ1) is 12.5. The van der Waals surface area contributed by atoms with Crippen LogP contribution in [0.1, 0.15) is 16.8 Å². The summed E-state index contributed by atoms with van der Waals surface area (Å²) in [5.41, 5.74) is 3.13. The lowest BCUT2D eigenvalue weighted by Crippen LogP contribution is -1.98. The summed E-state index contributed by atoms with van der Waals surface area (Å²) in [5.74, 6) is 1.28. The Balaban J connectivity index is 1.77. The van der Waals surface area contributed by atoms with Crippen LogP contribution in [0.5, 0.6) is 5.75 Å². The number of imidazole rings is 1. The van der Waals surface area contributed by atoms with Gasteiger partial charge in [0.25, 0.3) is 0 Å². The van der Waals surface area contributed by atoms with Crippen LogP contribution in [0.15, 0.2) is 36.0 Å². The predicted octanol–water partition coefficient (Wildman–Crippen LogP) is 4.02. The zero-order chi connectivity index (χ0) is 13.2. The molecule has 0 N–H and O–H groups in total. The lowest BCUT2D eigenvalue weighted by molar-refractivity contribution is 0.299. The fourth-order valence-corrected chi connectivity index (χ4v) is 2.88. The number of thiazole rings is 1. The molecule has 0 atom stereocenters. The maximum Gasteiger partial charge on any atom is 0.193 e. The van der Waals surface area contributed by atoms with E-state index < -0.39 is 0 Å². The summed E-state index contributed by atoms with van der Waals surface area (Å²) in [4.78, 5) is 5.47. The lowest BCUT2D eigenvalue weighted by atomic mass is 10.1. The molecular weight excluding hydrogens is 280 g/mol. The molecule has 98 valence electrons. The number of hydrogen-bond donors (Lipinski definition) is 0. The van der Waals surface area contributed by atoms with Crippen LogP contribution in [0.4, 0.5) is 0 Å². The van der Waals surface area contributed by atoms with Crippen molar-refractivity contribution in [3.63, 3.8) is 0 Å². The summed E-state index contributed by atoms with van der Waals surface area (Å²) < 4.78 is 7.81. The van der Waals surface area contributed by atoms with Crippen LogP contribution >= 0.6 is 22.9 Å². The number of alkyl halides is 1. The van der Waals surface area contributed by atoms with Gasteiger partial charge in [-0.1, -0.05) is 17.7 Å². The van der Waals surface area contributed by atoms with E-state index in [-0.39, 0.29) is 0 Å². The number of fused-ring (bicyclic) bond motifs is 1. The molecule has 0 saturated heterocycles. The molecule has 0 aliphatic carbocycles. The predicted molar refractivity (Wildman–Crippen MR) is 78.1 cm³/mol. The van der Waals surface area contributed by atoms with E-state index in [4.69, 9.17) is 16.3 Å². The van der Waals surface area contributed by atoms with Crippen LogP contribution in [0.3, 0.4) is 0 Å². The van der Waals surface area contributed by atoms with E-state index in [0.29, 0.717) is 12.5 Å². The van der Waals surface area contributed by atoms with Crippen LogP contribution in [-0.4, -0.2) is 9.38 Å². The van der Waals surface area contributed by atoms with E-state index in [2.05, 4.69) is 4.98 Å². The quantitative estimate of drug-likeness (QED) is 0.679. The van der Waals surface area contributed by atoms with Crippen LogP contribution < -0.4 is 4.74 Å². The molecule has 1 aromatic carbocycles. The summed E-state index contributed by atoms with van der Waals surface area (Å²) in [6, 6.07) is 6.04. The Bertz CT molecular complexity index is 676. The fourth-order valence-electron chi connectivity index (χ4n) is 1.95. The summed E-state index contributed by atoms with van der Waals surface area (Å²) in [6.45, 7) is 2.50. The molecule has 0 unspecified atom stereocenters. The number of ether oxygens (including phenoxy) is 1. The van der Waals surface area contributed by atoms with Gasteiger partial charge in [0.1, 0.15) is 12.4 Å². The summed E-state index contributed by atoms with van der Waals surface area (Å²) >= 11 is 7.55. The first-order chi connectivity index (χ1) is 9.26. The Labute approximate surface area is 120 Å². The van der Waals surface area contributed by atoms with Crippen molar-refractivity contribution in [3.05, 3.63) is 52.8 Å². The number of halogens is 1. The van der Waals surface area contributed by atoms with Gasteiger partial charge in [-0.05, 0) is 13.0 Å². The molecule has 5 heteroatoms. The number of nitrogens with zero attached hydrogens (tertiary/aromatic N) is 2. The third kappa shape index (κ3) is 2.60. The average molecular weight is 293 g/mol. The highest BCUT2D eigenvalue weighted by atomic mass is 35.5. The van der Waals surface area contributed by atoms with E-state index in [1.807, 2.05) is 47.3 Å². The monoisotopic (exact) mass is 292 g/mol. The molecule has 0 amide bonds. The van der Waals surface area contributed by atoms with Crippen molar-refractivity contribution in [2.24, 2.45) is 0 Å². The maximum absolute atomic E-state index is 5.93. The molecule has 0 aliphatic heterocycles. The number of aryl methyl sites for hydroxylation is 1. The zero-order valence-electron chi connectivity index (χ0n) is 10.5. The molecule has 2 aromatic heterocycles. The third-order valence-corrected chi connectivity index (χ3v) is 3.94. The van der Waals surface area contributed by atoms with Crippen molar-refractivity contribution in [1.82, 2.24) is 9.38 Å². The minimum absolute atomic E-state index is 0.454. The highest BCUT2D eigenvalue weighted by Gasteiger charge is 2.06. The maximum atomic E-state index is 5.93. The van der Waals surface area contributed by atoms with Crippen molar-refractivity contribution in [3.8, 4) is 5.75 Å². The van der Waals surface area contributed by atoms with Crippen molar-refractivity contribution < 1.29 is 4.74 Å². The highest BCUT2D eigenvalue weighted by molar-refractivity contribution is 7.15. The van der Waals surface area contributed by atoms with E-state index in [0.717, 1.165) is 22.0 Å². The minimum atomic E-state index is 0.454. The van der Waals surface area contributed by atoms with Crippen molar-refractivity contribution in [2.45, 2.75) is 19.4 Å². The Hall–Kier alpha value is -1.52. The highest BCUT2D eigenvalue weighted by Crippen LogP contribution is 2.23. The molecule has 3 aromatic rings. The van der Waals surface area contributed by atoms with Crippen LogP contribution in [-0.2, 0) is 12.5 Å². The van der Waals surface area contributed by atoms with Gasteiger partial charge in [-0.3, -0.25) is 4.40 Å². The van der Waals surface area contributed by atoms with Crippen LogP contribution in [0, 0.1) is 6.92 Å². The number of aromatic nitrogens is 2. The fraction of sp³-hybridized carbons (Fsp3) is 0.214. The number of benzene rings is 1. The van der Waals surface area contributed by atoms with E-state index in [9.17, 15) is 0 Å². The van der Waals surface area contributed by atoms with Gasteiger partial charge in [-0.2, -0.15) is 0 Å². The molecule has 3 rings (SSSR count). The van der Waals surface area contributed by atoms with Crippen LogP contribution in [0.25, 0.3) is 4.96 Å². The molecule has 0 radical (unpaired) electrons. The molecule has 19 heavy (non-hydrogen) atoms. The Morgan fingerprint density at radius 2 is 2.32 bits per heavy atom. The second-order valence-corrected chi connectivity index (χ2v) is 5.50. The molecular formula is C14H13ClN2OS. The second-order valence-electron chi connectivity index (χ2n) is 4.36. The molecule has 0 saturated carbocycles. The smallest absolute Gasteiger partial charge is 0.193 e. The van der Waals surface area contributed by atoms with Gasteiger partial charge < -0.3 is 4.74 Å². The van der Waals surface area contributed by atoms with Crippen molar-refractivity contribution in [2.75, 3.05) is 0 Å². The van der Waals surface area contributed by atoms with Gasteiger partial charge in [0.15, 0.2) is 4.96 Å². The van der Waals surface area contributed by atoms with E-state index >= 15 is 0 Å². The number of hydrogen-bond acceptors (Lipinski definition) is 3. The largest absolute Gasteiger partial charge is 0.487 e. The molecule has 3 nitrogen and oxygen atoms in total. The third-order valence-electron chi connectivity index (χ3n) is 2.88. The first-order valence-corrected chi connectivity index (χ1v) is 7.37. The van der Waals surface area contributed by atoms with Gasteiger partial charge in [-0.25, -0.2) is 4.98 Å². The van der Waals surface area contributed by atoms with E-state index in [1.165, 1.54) is 5.56 Å². The molecule has 0 aliphatic rings. The molecule has 0 fully saturated rings. The Kier molecular flexibility index (Phi) is 3.44.